The van der Waals surface area contributed by atoms with Gasteiger partial charge in [-0.1, -0.05) is 0 Å². The van der Waals surface area contributed by atoms with Crippen molar-refractivity contribution in [3.63, 3.8) is 0 Å². The molecular weight excluding hydrogens is 184 g/mol. The van der Waals surface area contributed by atoms with Crippen molar-refractivity contribution < 1.29 is 17.5 Å². The molecule has 0 aromatic carbocycles. The number of hydrogen-bond acceptors (Lipinski definition) is 4. The van der Waals surface area contributed by atoms with Crippen molar-refractivity contribution in [1.82, 2.24) is 9.97 Å². The average Bonchev–Trinajstić information content (AvgIpc) is 1.85. The van der Waals surface area contributed by atoms with E-state index in [-0.39, 0.29) is 0 Å². The van der Waals surface area contributed by atoms with Crippen molar-refractivity contribution in [2.75, 3.05) is 0 Å². The van der Waals surface area contributed by atoms with Crippen molar-refractivity contribution in [2.45, 2.75) is 6.92 Å². The van der Waals surface area contributed by atoms with Crippen molar-refractivity contribution in [3.05, 3.63) is 24.3 Å². The third-order valence-corrected chi connectivity index (χ3v) is 0.692. The summed E-state index contributed by atoms with van der Waals surface area (Å²) in [4.78, 5) is 7.74. The zero-order valence-corrected chi connectivity index (χ0v) is 7.06. The normalized spacial score (nSPS) is 9.92. The molecular formula is C5H8N2O4S. The Balaban J connectivity index is 0.000000217. The van der Waals surface area contributed by atoms with Crippen LogP contribution >= 0.6 is 0 Å². The predicted octanol–water partition coefficient (Wildman–Crippen LogP) is 0.132. The molecule has 0 aliphatic rings. The van der Waals surface area contributed by atoms with Crippen molar-refractivity contribution >= 4 is 10.4 Å². The Morgan fingerprint density at radius 3 is 2.00 bits per heavy atom. The van der Waals surface area contributed by atoms with E-state index in [1.54, 1.807) is 18.6 Å². The number of rotatable bonds is 0. The van der Waals surface area contributed by atoms with E-state index in [0.29, 0.717) is 0 Å². The fourth-order valence-electron chi connectivity index (χ4n) is 0.374. The van der Waals surface area contributed by atoms with Gasteiger partial charge in [-0.25, -0.2) is 0 Å². The average molecular weight is 192 g/mol. The van der Waals surface area contributed by atoms with Crippen molar-refractivity contribution in [2.24, 2.45) is 0 Å². The molecule has 0 fully saturated rings. The largest absolute Gasteiger partial charge is 0.394 e. The molecule has 0 saturated heterocycles. The maximum absolute atomic E-state index is 8.74. The standard InChI is InChI=1S/C5H6N2.H2O4S/c1-5-4-6-2-3-7-5;1-5(2,3)4/h2-4H,1H3;(H2,1,2,3,4). The molecule has 1 aromatic heterocycles. The number of hydrogen-bond donors (Lipinski definition) is 2. The Hall–Kier alpha value is -1.05. The van der Waals surface area contributed by atoms with Crippen LogP contribution in [0, 0.1) is 6.92 Å². The minimum atomic E-state index is -4.67. The van der Waals surface area contributed by atoms with Gasteiger partial charge < -0.3 is 0 Å². The number of aryl methyl sites for hydroxylation is 1. The SMILES string of the molecule is Cc1cnccn1.O=S(=O)(O)O. The third-order valence-electron chi connectivity index (χ3n) is 0.692. The zero-order valence-electron chi connectivity index (χ0n) is 6.25. The van der Waals surface area contributed by atoms with Gasteiger partial charge in [0.15, 0.2) is 0 Å². The smallest absolute Gasteiger partial charge is 0.264 e. The Morgan fingerprint density at radius 1 is 1.33 bits per heavy atom. The van der Waals surface area contributed by atoms with E-state index in [9.17, 15) is 0 Å². The zero-order chi connectivity index (χ0) is 9.61. The van der Waals surface area contributed by atoms with Gasteiger partial charge in [0.2, 0.25) is 0 Å². The minimum Gasteiger partial charge on any atom is -0.264 e. The summed E-state index contributed by atoms with van der Waals surface area (Å²) < 4.78 is 31.6. The predicted molar refractivity (Wildman–Crippen MR) is 40.9 cm³/mol. The second-order valence-corrected chi connectivity index (χ2v) is 2.69. The molecule has 68 valence electrons. The Kier molecular flexibility index (Phi) is 4.34. The van der Waals surface area contributed by atoms with E-state index in [1.807, 2.05) is 6.92 Å². The summed E-state index contributed by atoms with van der Waals surface area (Å²) in [6.07, 6.45) is 5.06. The lowest BCUT2D eigenvalue weighted by Gasteiger charge is -1.81. The molecule has 1 heterocycles. The molecule has 1 rings (SSSR count). The quantitative estimate of drug-likeness (QED) is 0.567. The monoisotopic (exact) mass is 192 g/mol. The molecule has 12 heavy (non-hydrogen) atoms. The highest BCUT2D eigenvalue weighted by Gasteiger charge is 1.84. The molecule has 0 amide bonds. The number of aromatic nitrogens is 2. The van der Waals surface area contributed by atoms with Crippen LogP contribution < -0.4 is 0 Å². The fourth-order valence-corrected chi connectivity index (χ4v) is 0.374. The molecule has 0 unspecified atom stereocenters. The first kappa shape index (κ1) is 11.0. The second kappa shape index (κ2) is 4.75. The Bertz CT molecular complexity index is 301. The summed E-state index contributed by atoms with van der Waals surface area (Å²) in [5.41, 5.74) is 0.961. The van der Waals surface area contributed by atoms with Crippen molar-refractivity contribution in [3.8, 4) is 0 Å². The van der Waals surface area contributed by atoms with E-state index in [4.69, 9.17) is 17.5 Å². The van der Waals surface area contributed by atoms with E-state index in [2.05, 4.69) is 9.97 Å². The van der Waals surface area contributed by atoms with Gasteiger partial charge in [0.25, 0.3) is 0 Å². The lowest BCUT2D eigenvalue weighted by molar-refractivity contribution is 0.381. The lowest BCUT2D eigenvalue weighted by Crippen LogP contribution is -1.89. The topological polar surface area (TPSA) is 100 Å². The van der Waals surface area contributed by atoms with Crippen LogP contribution in [0.15, 0.2) is 18.6 Å². The molecule has 0 atom stereocenters. The van der Waals surface area contributed by atoms with Gasteiger partial charge in [-0.3, -0.25) is 19.1 Å². The van der Waals surface area contributed by atoms with E-state index in [0.717, 1.165) is 5.69 Å². The highest BCUT2D eigenvalue weighted by Crippen LogP contribution is 1.81. The second-order valence-electron chi connectivity index (χ2n) is 1.79. The molecule has 0 aliphatic carbocycles. The maximum atomic E-state index is 8.74. The Morgan fingerprint density at radius 2 is 1.83 bits per heavy atom. The Labute approximate surface area is 69.9 Å². The molecule has 0 spiro atoms. The van der Waals surface area contributed by atoms with Gasteiger partial charge in [0.05, 0.1) is 5.69 Å². The van der Waals surface area contributed by atoms with Crippen LogP contribution in [0.4, 0.5) is 0 Å². The summed E-state index contributed by atoms with van der Waals surface area (Å²) in [5.74, 6) is 0. The van der Waals surface area contributed by atoms with Gasteiger partial charge in [-0.05, 0) is 6.92 Å². The molecule has 0 radical (unpaired) electrons. The third kappa shape index (κ3) is 11.7. The fraction of sp³-hybridized carbons (Fsp3) is 0.200. The first-order chi connectivity index (χ1) is 5.39. The van der Waals surface area contributed by atoms with Crippen LogP contribution in [-0.2, 0) is 10.4 Å². The molecule has 2 N–H and O–H groups in total. The van der Waals surface area contributed by atoms with Crippen LogP contribution in [0.1, 0.15) is 5.69 Å². The van der Waals surface area contributed by atoms with Crippen LogP contribution in [0.25, 0.3) is 0 Å². The highest BCUT2D eigenvalue weighted by molar-refractivity contribution is 7.79. The molecule has 0 aliphatic heterocycles. The van der Waals surface area contributed by atoms with Gasteiger partial charge >= 0.3 is 10.4 Å². The van der Waals surface area contributed by atoms with Gasteiger partial charge in [0.1, 0.15) is 0 Å². The van der Waals surface area contributed by atoms with E-state index >= 15 is 0 Å². The first-order valence-electron chi connectivity index (χ1n) is 2.82. The maximum Gasteiger partial charge on any atom is 0.394 e. The van der Waals surface area contributed by atoms with Crippen LogP contribution in [0.5, 0.6) is 0 Å². The van der Waals surface area contributed by atoms with Crippen molar-refractivity contribution in [1.29, 1.82) is 0 Å². The van der Waals surface area contributed by atoms with E-state index < -0.39 is 10.4 Å². The first-order valence-corrected chi connectivity index (χ1v) is 4.22. The molecule has 1 aromatic rings. The van der Waals surface area contributed by atoms with Crippen LogP contribution in [0.3, 0.4) is 0 Å². The van der Waals surface area contributed by atoms with Gasteiger partial charge in [-0.15, -0.1) is 0 Å². The van der Waals surface area contributed by atoms with Gasteiger partial charge in [-0.2, -0.15) is 8.42 Å². The molecule has 6 nitrogen and oxygen atoms in total. The molecule has 0 bridgehead atoms. The van der Waals surface area contributed by atoms with Crippen LogP contribution in [-0.4, -0.2) is 27.5 Å². The summed E-state index contributed by atoms with van der Waals surface area (Å²) in [5, 5.41) is 0. The highest BCUT2D eigenvalue weighted by atomic mass is 32.3. The molecule has 7 heteroatoms. The summed E-state index contributed by atoms with van der Waals surface area (Å²) in [7, 11) is -4.67. The molecule has 0 saturated carbocycles. The number of nitrogens with zero attached hydrogens (tertiary/aromatic N) is 2. The summed E-state index contributed by atoms with van der Waals surface area (Å²) >= 11 is 0. The summed E-state index contributed by atoms with van der Waals surface area (Å²) in [6, 6.07) is 0. The lowest BCUT2D eigenvalue weighted by atomic mass is 10.5. The van der Waals surface area contributed by atoms with Gasteiger partial charge in [0, 0.05) is 18.6 Å². The van der Waals surface area contributed by atoms with E-state index in [1.165, 1.54) is 0 Å². The summed E-state index contributed by atoms with van der Waals surface area (Å²) in [6.45, 7) is 1.91. The van der Waals surface area contributed by atoms with Crippen LogP contribution in [0.2, 0.25) is 0 Å². The minimum absolute atomic E-state index is 0.961.